The highest BCUT2D eigenvalue weighted by atomic mass is 32.2. The molecule has 1 amide bonds. The Morgan fingerprint density at radius 3 is 2.46 bits per heavy atom. The first-order chi connectivity index (χ1) is 17.0. The van der Waals surface area contributed by atoms with Crippen LogP contribution in [0.5, 0.6) is 5.75 Å². The van der Waals surface area contributed by atoms with Gasteiger partial charge in [0.2, 0.25) is 5.91 Å². The third-order valence-electron chi connectivity index (χ3n) is 5.85. The summed E-state index contributed by atoms with van der Waals surface area (Å²) in [5, 5.41) is 7.71. The summed E-state index contributed by atoms with van der Waals surface area (Å²) >= 11 is 1.59. The lowest BCUT2D eigenvalue weighted by Crippen LogP contribution is -2.17. The topological polar surface area (TPSA) is 81.9 Å². The van der Waals surface area contributed by atoms with Crippen LogP contribution < -0.4 is 10.1 Å². The van der Waals surface area contributed by atoms with Crippen LogP contribution in [0.15, 0.2) is 60.7 Å². The molecule has 3 heterocycles. The number of aryl methyl sites for hydroxylation is 3. The second-order valence-electron chi connectivity index (χ2n) is 8.60. The van der Waals surface area contributed by atoms with Crippen molar-refractivity contribution in [3.63, 3.8) is 0 Å². The van der Waals surface area contributed by atoms with Gasteiger partial charge >= 0.3 is 0 Å². The van der Waals surface area contributed by atoms with Gasteiger partial charge in [-0.1, -0.05) is 42.5 Å². The van der Waals surface area contributed by atoms with E-state index >= 15 is 0 Å². The van der Waals surface area contributed by atoms with Crippen molar-refractivity contribution in [2.45, 2.75) is 32.4 Å². The monoisotopic (exact) mass is 485 g/mol. The fourth-order valence-electron chi connectivity index (χ4n) is 4.26. The number of benzene rings is 2. The molecule has 4 aromatic rings. The molecule has 8 heteroatoms. The lowest BCUT2D eigenvalue weighted by molar-refractivity contribution is -0.113. The van der Waals surface area contributed by atoms with Gasteiger partial charge in [-0.15, -0.1) is 11.8 Å². The number of hydrogen-bond acceptors (Lipinski definition) is 6. The molecule has 0 spiro atoms. The van der Waals surface area contributed by atoms with Gasteiger partial charge in [-0.25, -0.2) is 9.97 Å². The van der Waals surface area contributed by atoms with E-state index in [4.69, 9.17) is 9.84 Å². The van der Waals surface area contributed by atoms with Gasteiger partial charge in [0.1, 0.15) is 11.6 Å². The minimum absolute atomic E-state index is 0.0537. The second kappa shape index (κ2) is 9.92. The summed E-state index contributed by atoms with van der Waals surface area (Å²) in [6.45, 7) is 6.43. The standard InChI is InChI=1S/C27H27N5O2S/c1-17-15-18(2)29-27(28-17)32-26-24(19(3)31-32)25(35-16-23(33)30-26)21-9-11-22(12-10-21)34-14-13-20-7-5-4-6-8-20/h4-12,15,25H,13-14,16H2,1-3H3,(H,30,33)/t25-/m0/s1. The third-order valence-corrected chi connectivity index (χ3v) is 7.12. The maximum atomic E-state index is 12.6. The second-order valence-corrected chi connectivity index (χ2v) is 9.70. The molecule has 0 radical (unpaired) electrons. The van der Waals surface area contributed by atoms with Crippen LogP contribution in [0.25, 0.3) is 5.95 Å². The van der Waals surface area contributed by atoms with Crippen LogP contribution in [-0.2, 0) is 11.2 Å². The number of hydrogen-bond donors (Lipinski definition) is 1. The zero-order valence-corrected chi connectivity index (χ0v) is 20.8. The average Bonchev–Trinajstić information content (AvgIpc) is 3.04. The van der Waals surface area contributed by atoms with Crippen LogP contribution in [0.4, 0.5) is 5.82 Å². The first kappa shape index (κ1) is 23.1. The zero-order chi connectivity index (χ0) is 24.4. The number of nitrogens with zero attached hydrogens (tertiary/aromatic N) is 4. The maximum Gasteiger partial charge on any atom is 0.252 e. The number of amides is 1. The van der Waals surface area contributed by atoms with Gasteiger partial charge in [0, 0.05) is 23.4 Å². The summed E-state index contributed by atoms with van der Waals surface area (Å²) in [4.78, 5) is 21.7. The SMILES string of the molecule is Cc1cc(C)nc(-n2nc(C)c3c2NC(=O)CS[C@H]3c2ccc(OCCc3ccccc3)cc2)n1. The molecule has 178 valence electrons. The predicted molar refractivity (Wildman–Crippen MR) is 138 cm³/mol. The van der Waals surface area contributed by atoms with Crippen molar-refractivity contribution >= 4 is 23.5 Å². The summed E-state index contributed by atoms with van der Waals surface area (Å²) in [7, 11) is 0. The molecular formula is C27H27N5O2S. The Morgan fingerprint density at radius 2 is 1.74 bits per heavy atom. The van der Waals surface area contributed by atoms with Crippen molar-refractivity contribution in [1.82, 2.24) is 19.7 Å². The van der Waals surface area contributed by atoms with E-state index in [0.717, 1.165) is 40.4 Å². The highest BCUT2D eigenvalue weighted by molar-refractivity contribution is 8.00. The molecule has 2 aromatic carbocycles. The first-order valence-electron chi connectivity index (χ1n) is 11.6. The smallest absolute Gasteiger partial charge is 0.252 e. The summed E-state index contributed by atoms with van der Waals surface area (Å²) in [5.74, 6) is 2.21. The Morgan fingerprint density at radius 1 is 1.03 bits per heavy atom. The summed E-state index contributed by atoms with van der Waals surface area (Å²) in [6.07, 6.45) is 0.858. The molecule has 0 saturated carbocycles. The van der Waals surface area contributed by atoms with Gasteiger partial charge in [0.15, 0.2) is 0 Å². The third kappa shape index (κ3) is 5.07. The van der Waals surface area contributed by atoms with E-state index < -0.39 is 0 Å². The highest BCUT2D eigenvalue weighted by Crippen LogP contribution is 2.43. The number of ether oxygens (including phenoxy) is 1. The number of carbonyl (C=O) groups excluding carboxylic acids is 1. The maximum absolute atomic E-state index is 12.6. The van der Waals surface area contributed by atoms with E-state index in [1.807, 2.05) is 57.2 Å². The Labute approximate surface area is 209 Å². The molecule has 2 aromatic heterocycles. The summed E-state index contributed by atoms with van der Waals surface area (Å²) < 4.78 is 7.62. The fraction of sp³-hybridized carbons (Fsp3) is 0.259. The lowest BCUT2D eigenvalue weighted by atomic mass is 10.0. The first-order valence-corrected chi connectivity index (χ1v) is 12.6. The van der Waals surface area contributed by atoms with Gasteiger partial charge in [0.05, 0.1) is 23.3 Å². The van der Waals surface area contributed by atoms with Gasteiger partial charge in [-0.3, -0.25) is 4.79 Å². The minimum atomic E-state index is -0.0647. The molecule has 1 N–H and O–H groups in total. The molecule has 7 nitrogen and oxygen atoms in total. The van der Waals surface area contributed by atoms with E-state index in [-0.39, 0.29) is 11.2 Å². The largest absolute Gasteiger partial charge is 0.493 e. The van der Waals surface area contributed by atoms with Crippen LogP contribution in [0.3, 0.4) is 0 Å². The van der Waals surface area contributed by atoms with E-state index in [1.165, 1.54) is 5.56 Å². The van der Waals surface area contributed by atoms with Crippen molar-refractivity contribution < 1.29 is 9.53 Å². The molecule has 0 fully saturated rings. The molecule has 1 aliphatic rings. The Balaban J connectivity index is 1.41. The Kier molecular flexibility index (Phi) is 6.55. The Hall–Kier alpha value is -3.65. The number of aromatic nitrogens is 4. The molecular weight excluding hydrogens is 458 g/mol. The van der Waals surface area contributed by atoms with E-state index in [2.05, 4.69) is 39.6 Å². The normalized spacial score (nSPS) is 15.3. The van der Waals surface area contributed by atoms with Crippen molar-refractivity contribution in [1.29, 1.82) is 0 Å². The molecule has 1 aliphatic heterocycles. The zero-order valence-electron chi connectivity index (χ0n) is 20.0. The molecule has 0 aliphatic carbocycles. The average molecular weight is 486 g/mol. The number of nitrogens with one attached hydrogen (secondary N) is 1. The van der Waals surface area contributed by atoms with Gasteiger partial charge in [-0.2, -0.15) is 9.78 Å². The fourth-order valence-corrected chi connectivity index (χ4v) is 5.45. The quantitative estimate of drug-likeness (QED) is 0.415. The minimum Gasteiger partial charge on any atom is -0.493 e. The van der Waals surface area contributed by atoms with Gasteiger partial charge in [0.25, 0.3) is 5.95 Å². The van der Waals surface area contributed by atoms with Crippen LogP contribution in [0.1, 0.15) is 39.0 Å². The van der Waals surface area contributed by atoms with Crippen LogP contribution >= 0.6 is 11.8 Å². The predicted octanol–water partition coefficient (Wildman–Crippen LogP) is 4.98. The molecule has 5 rings (SSSR count). The van der Waals surface area contributed by atoms with E-state index in [9.17, 15) is 4.79 Å². The number of fused-ring (bicyclic) bond motifs is 1. The molecule has 0 saturated heterocycles. The highest BCUT2D eigenvalue weighted by Gasteiger charge is 2.31. The van der Waals surface area contributed by atoms with Crippen molar-refractivity contribution in [3.8, 4) is 11.7 Å². The van der Waals surface area contributed by atoms with E-state index in [1.54, 1.807) is 16.4 Å². The number of rotatable bonds is 6. The number of carbonyl (C=O) groups is 1. The van der Waals surface area contributed by atoms with Crippen LogP contribution in [-0.4, -0.2) is 38.0 Å². The van der Waals surface area contributed by atoms with Crippen molar-refractivity contribution in [2.75, 3.05) is 17.7 Å². The van der Waals surface area contributed by atoms with Gasteiger partial charge in [-0.05, 0) is 50.1 Å². The molecule has 35 heavy (non-hydrogen) atoms. The number of thioether (sulfide) groups is 1. The van der Waals surface area contributed by atoms with Crippen molar-refractivity contribution in [3.05, 3.63) is 94.4 Å². The molecule has 0 bridgehead atoms. The molecule has 1 atom stereocenters. The summed E-state index contributed by atoms with van der Waals surface area (Å²) in [6, 6.07) is 20.3. The van der Waals surface area contributed by atoms with Gasteiger partial charge < -0.3 is 10.1 Å². The van der Waals surface area contributed by atoms with Crippen LogP contribution in [0.2, 0.25) is 0 Å². The van der Waals surface area contributed by atoms with Crippen molar-refractivity contribution in [2.24, 2.45) is 0 Å². The molecule has 0 unspecified atom stereocenters. The summed E-state index contributed by atoms with van der Waals surface area (Å²) in [5.41, 5.74) is 5.86. The van der Waals surface area contributed by atoms with Crippen LogP contribution in [0, 0.1) is 20.8 Å². The number of anilines is 1. The Bertz CT molecular complexity index is 1330. The van der Waals surface area contributed by atoms with E-state index in [0.29, 0.717) is 24.1 Å². The lowest BCUT2D eigenvalue weighted by Gasteiger charge is -2.16.